The van der Waals surface area contributed by atoms with E-state index in [1.54, 1.807) is 0 Å². The van der Waals surface area contributed by atoms with Gasteiger partial charge in [0.15, 0.2) is 10.7 Å². The maximum Gasteiger partial charge on any atom is 0.271 e. The molecular weight excluding hydrogens is 466 g/mol. The van der Waals surface area contributed by atoms with E-state index in [-0.39, 0.29) is 11.6 Å². The van der Waals surface area contributed by atoms with Crippen molar-refractivity contribution >= 4 is 29.0 Å². The molecule has 4 heterocycles. The van der Waals surface area contributed by atoms with Crippen molar-refractivity contribution in [3.05, 3.63) is 114 Å². The molecule has 0 radical (unpaired) electrons. The van der Waals surface area contributed by atoms with Crippen molar-refractivity contribution in [3.8, 4) is 0 Å². The van der Waals surface area contributed by atoms with E-state index in [1.165, 1.54) is 47.3 Å². The lowest BCUT2D eigenvalue weighted by molar-refractivity contribution is 0.495. The highest BCUT2D eigenvalue weighted by molar-refractivity contribution is 7.07. The molecule has 0 spiro atoms. The van der Waals surface area contributed by atoms with Crippen LogP contribution in [0.15, 0.2) is 86.5 Å². The van der Waals surface area contributed by atoms with Gasteiger partial charge in [0.2, 0.25) is 0 Å². The number of aromatic nitrogens is 1. The average molecular weight is 494 g/mol. The first-order valence-corrected chi connectivity index (χ1v) is 13.6. The minimum atomic E-state index is -0.145. The van der Waals surface area contributed by atoms with E-state index in [0.29, 0.717) is 10.3 Å². The van der Waals surface area contributed by atoms with Gasteiger partial charge in [-0.25, -0.2) is 4.99 Å². The minimum absolute atomic E-state index is 0.00562. The van der Waals surface area contributed by atoms with Gasteiger partial charge in [-0.1, -0.05) is 65.9 Å². The highest BCUT2D eigenvalue weighted by Gasteiger charge is 2.32. The first kappa shape index (κ1) is 21.6. The van der Waals surface area contributed by atoms with E-state index >= 15 is 0 Å². The van der Waals surface area contributed by atoms with Gasteiger partial charge in [0, 0.05) is 30.8 Å². The Balaban J connectivity index is 1.38. The van der Waals surface area contributed by atoms with Crippen molar-refractivity contribution in [3.63, 3.8) is 0 Å². The van der Waals surface area contributed by atoms with Crippen molar-refractivity contribution in [2.24, 2.45) is 4.99 Å². The maximum atomic E-state index is 13.8. The second kappa shape index (κ2) is 8.79. The Morgan fingerprint density at radius 3 is 2.58 bits per heavy atom. The molecule has 5 nitrogen and oxygen atoms in total. The fraction of sp³-hybridized carbons (Fsp3) is 0.267. The number of rotatable bonds is 3. The zero-order valence-electron chi connectivity index (χ0n) is 20.0. The molecule has 0 N–H and O–H groups in total. The smallest absolute Gasteiger partial charge is 0.271 e. The van der Waals surface area contributed by atoms with Gasteiger partial charge in [-0.05, 0) is 54.9 Å². The summed E-state index contributed by atoms with van der Waals surface area (Å²) < 4.78 is 8.71. The van der Waals surface area contributed by atoms with Crippen LogP contribution in [0.2, 0.25) is 0 Å². The fourth-order valence-electron chi connectivity index (χ4n) is 5.79. The molecule has 2 aromatic heterocycles. The van der Waals surface area contributed by atoms with Crippen LogP contribution in [0, 0.1) is 0 Å². The predicted octanol–water partition coefficient (Wildman–Crippen LogP) is 4.90. The summed E-state index contributed by atoms with van der Waals surface area (Å²) in [5.41, 5.74) is 5.89. The topological polar surface area (TPSA) is 50.7 Å². The van der Waals surface area contributed by atoms with E-state index in [9.17, 15) is 4.79 Å². The molecule has 0 bridgehead atoms. The van der Waals surface area contributed by atoms with E-state index in [0.717, 1.165) is 47.9 Å². The number of allylic oxidation sites excluding steroid dienone is 1. The van der Waals surface area contributed by atoms with Crippen LogP contribution in [0.3, 0.4) is 0 Å². The summed E-state index contributed by atoms with van der Waals surface area (Å²) >= 11 is 1.45. The Morgan fingerprint density at radius 1 is 0.917 bits per heavy atom. The highest BCUT2D eigenvalue weighted by atomic mass is 32.1. The van der Waals surface area contributed by atoms with Crippen molar-refractivity contribution < 1.29 is 4.42 Å². The van der Waals surface area contributed by atoms with Crippen molar-refractivity contribution in [2.75, 3.05) is 18.0 Å². The van der Waals surface area contributed by atoms with Crippen LogP contribution < -0.4 is 19.8 Å². The third-order valence-electron chi connectivity index (χ3n) is 7.54. The standard InChI is InChI=1S/C30H27N3O2S/c34-29-25(19-22-14-16-26(35-22)32-17-7-2-8-18-32)36-30-31-27-23-12-6-5-9-20(23)13-15-24(27)28(33(29)30)21-10-3-1-4-11-21/h1,3-6,9-12,14,16,19,28H,2,7-8,13,15,17-18H2/b25-19-. The molecule has 180 valence electrons. The van der Waals surface area contributed by atoms with Crippen LogP contribution in [0.25, 0.3) is 11.8 Å². The molecule has 3 aliphatic rings. The second-order valence-corrected chi connectivity index (χ2v) is 10.8. The normalized spacial score (nSPS) is 19.5. The summed E-state index contributed by atoms with van der Waals surface area (Å²) in [6, 6.07) is 22.7. The van der Waals surface area contributed by atoms with Gasteiger partial charge >= 0.3 is 0 Å². The van der Waals surface area contributed by atoms with Gasteiger partial charge in [-0.3, -0.25) is 9.36 Å². The second-order valence-electron chi connectivity index (χ2n) is 9.75. The Labute approximate surface area is 213 Å². The highest BCUT2D eigenvalue weighted by Crippen LogP contribution is 2.41. The Kier molecular flexibility index (Phi) is 5.28. The molecule has 0 saturated carbocycles. The number of furan rings is 1. The lowest BCUT2D eigenvalue weighted by Gasteiger charge is -2.30. The van der Waals surface area contributed by atoms with E-state index in [1.807, 2.05) is 41.0 Å². The number of fused-ring (bicyclic) bond motifs is 3. The predicted molar refractivity (Wildman–Crippen MR) is 144 cm³/mol. The number of hydrogen-bond acceptors (Lipinski definition) is 5. The summed E-state index contributed by atoms with van der Waals surface area (Å²) in [7, 11) is 0. The van der Waals surface area contributed by atoms with Crippen LogP contribution in [-0.2, 0) is 6.42 Å². The number of benzene rings is 2. The van der Waals surface area contributed by atoms with Crippen molar-refractivity contribution in [1.29, 1.82) is 0 Å². The van der Waals surface area contributed by atoms with Crippen LogP contribution >= 0.6 is 11.3 Å². The van der Waals surface area contributed by atoms with E-state index in [4.69, 9.17) is 9.41 Å². The molecule has 2 aromatic carbocycles. The third-order valence-corrected chi connectivity index (χ3v) is 8.52. The maximum absolute atomic E-state index is 13.8. The Morgan fingerprint density at radius 2 is 1.72 bits per heavy atom. The third kappa shape index (κ3) is 3.59. The zero-order chi connectivity index (χ0) is 24.1. The number of aryl methyl sites for hydroxylation is 1. The molecular formula is C30H27N3O2S. The molecule has 36 heavy (non-hydrogen) atoms. The fourth-order valence-corrected chi connectivity index (χ4v) is 6.77. The number of thiazole rings is 1. The first-order chi connectivity index (χ1) is 17.8. The van der Waals surface area contributed by atoms with Crippen molar-refractivity contribution in [2.45, 2.75) is 38.1 Å². The van der Waals surface area contributed by atoms with Crippen molar-refractivity contribution in [1.82, 2.24) is 4.57 Å². The van der Waals surface area contributed by atoms with Crippen LogP contribution in [0.1, 0.15) is 54.2 Å². The molecule has 1 fully saturated rings. The summed E-state index contributed by atoms with van der Waals surface area (Å²) in [5.74, 6) is 1.61. The molecule has 1 atom stereocenters. The first-order valence-electron chi connectivity index (χ1n) is 12.8. The van der Waals surface area contributed by atoms with Gasteiger partial charge in [0.05, 0.1) is 16.3 Å². The largest absolute Gasteiger partial charge is 0.441 e. The number of piperidine rings is 1. The lowest BCUT2D eigenvalue weighted by atomic mass is 9.83. The zero-order valence-corrected chi connectivity index (χ0v) is 20.8. The summed E-state index contributed by atoms with van der Waals surface area (Å²) in [6.07, 6.45) is 7.42. The molecule has 1 unspecified atom stereocenters. The molecule has 1 saturated heterocycles. The van der Waals surface area contributed by atoms with E-state index in [2.05, 4.69) is 41.3 Å². The molecule has 6 heteroatoms. The van der Waals surface area contributed by atoms with Gasteiger partial charge in [0.1, 0.15) is 5.76 Å². The lowest BCUT2D eigenvalue weighted by Crippen LogP contribution is -2.38. The van der Waals surface area contributed by atoms with E-state index < -0.39 is 0 Å². The van der Waals surface area contributed by atoms with Crippen LogP contribution in [0.5, 0.6) is 0 Å². The molecule has 4 aromatic rings. The quantitative estimate of drug-likeness (QED) is 0.408. The van der Waals surface area contributed by atoms with Crippen LogP contribution in [-0.4, -0.2) is 17.7 Å². The summed E-state index contributed by atoms with van der Waals surface area (Å²) in [4.78, 5) is 22.0. The SMILES string of the molecule is O=c1/c(=C/c2ccc(N3CCCCC3)o2)sc2n1C(c1ccccc1)C1=C(N=2)c2ccccc2CC1. The number of nitrogens with zero attached hydrogens (tertiary/aromatic N) is 3. The van der Waals surface area contributed by atoms with Gasteiger partial charge in [0.25, 0.3) is 5.56 Å². The summed E-state index contributed by atoms with van der Waals surface area (Å²) in [5, 5.41) is 0. The average Bonchev–Trinajstić information content (AvgIpc) is 3.53. The van der Waals surface area contributed by atoms with Gasteiger partial charge in [-0.2, -0.15) is 0 Å². The summed E-state index contributed by atoms with van der Waals surface area (Å²) in [6.45, 7) is 2.05. The monoisotopic (exact) mass is 493 g/mol. The minimum Gasteiger partial charge on any atom is -0.441 e. The molecule has 1 aliphatic carbocycles. The number of hydrogen-bond donors (Lipinski definition) is 0. The molecule has 7 rings (SSSR count). The molecule has 2 aliphatic heterocycles. The van der Waals surface area contributed by atoms with Gasteiger partial charge < -0.3 is 9.32 Å². The molecule has 0 amide bonds. The number of anilines is 1. The van der Waals surface area contributed by atoms with Crippen LogP contribution in [0.4, 0.5) is 5.88 Å². The Hall–Kier alpha value is -3.64. The Bertz CT molecular complexity index is 1650. The van der Waals surface area contributed by atoms with Gasteiger partial charge in [-0.15, -0.1) is 0 Å².